The molecule has 164 valence electrons. The molecule has 0 bridgehead atoms. The molecule has 2 aromatic carbocycles. The van der Waals surface area contributed by atoms with Crippen molar-refractivity contribution in [3.63, 3.8) is 0 Å². The van der Waals surface area contributed by atoms with Gasteiger partial charge in [0.1, 0.15) is 11.9 Å². The number of allylic oxidation sites excluding steroid dienone is 1. The topological polar surface area (TPSA) is 109 Å². The molecule has 0 aliphatic carbocycles. The lowest BCUT2D eigenvalue weighted by atomic mass is 10.0. The summed E-state index contributed by atoms with van der Waals surface area (Å²) >= 11 is 6.00. The maximum atomic E-state index is 13.5. The highest BCUT2D eigenvalue weighted by Crippen LogP contribution is 2.33. The number of halogens is 2. The Morgan fingerprint density at radius 2 is 1.84 bits per heavy atom. The predicted molar refractivity (Wildman–Crippen MR) is 118 cm³/mol. The van der Waals surface area contributed by atoms with Gasteiger partial charge >= 0.3 is 5.97 Å². The first-order chi connectivity index (χ1) is 15.4. The maximum Gasteiger partial charge on any atom is 0.303 e. The van der Waals surface area contributed by atoms with Crippen LogP contribution in [0.5, 0.6) is 0 Å². The van der Waals surface area contributed by atoms with Crippen LogP contribution in [-0.2, 0) is 9.59 Å². The summed E-state index contributed by atoms with van der Waals surface area (Å²) in [5, 5.41) is 19.5. The van der Waals surface area contributed by atoms with Crippen LogP contribution in [0.25, 0.3) is 5.70 Å². The van der Waals surface area contributed by atoms with E-state index in [0.29, 0.717) is 11.0 Å². The molecule has 1 unspecified atom stereocenters. The number of nitrogens with one attached hydrogen (secondary N) is 2. The molecular formula is C22H19ClFN5O3. The van der Waals surface area contributed by atoms with Crippen molar-refractivity contribution in [1.29, 1.82) is 0 Å². The molecule has 10 heteroatoms. The molecule has 3 N–H and O–H groups in total. The van der Waals surface area contributed by atoms with E-state index in [-0.39, 0.29) is 36.9 Å². The molecular weight excluding hydrogens is 437 g/mol. The van der Waals surface area contributed by atoms with Crippen LogP contribution >= 0.6 is 11.6 Å². The average molecular weight is 456 g/mol. The van der Waals surface area contributed by atoms with Crippen LogP contribution in [0, 0.1) is 5.82 Å². The van der Waals surface area contributed by atoms with Gasteiger partial charge in [-0.1, -0.05) is 35.9 Å². The van der Waals surface area contributed by atoms with E-state index in [9.17, 15) is 14.0 Å². The summed E-state index contributed by atoms with van der Waals surface area (Å²) in [6.45, 7) is 0. The second-order valence-electron chi connectivity index (χ2n) is 7.21. The normalized spacial score (nSPS) is 14.8. The van der Waals surface area contributed by atoms with Crippen molar-refractivity contribution >= 4 is 41.1 Å². The van der Waals surface area contributed by atoms with Gasteiger partial charge in [-0.2, -0.15) is 4.98 Å². The Kier molecular flexibility index (Phi) is 6.18. The zero-order valence-corrected chi connectivity index (χ0v) is 17.5. The van der Waals surface area contributed by atoms with Gasteiger partial charge in [0.15, 0.2) is 0 Å². The number of aromatic nitrogens is 3. The van der Waals surface area contributed by atoms with Gasteiger partial charge in [-0.05, 0) is 47.9 Å². The fraction of sp³-hybridized carbons (Fsp3) is 0.182. The Hall–Kier alpha value is -3.72. The van der Waals surface area contributed by atoms with E-state index in [2.05, 4.69) is 20.7 Å². The number of hydrogen-bond donors (Lipinski definition) is 3. The monoisotopic (exact) mass is 455 g/mol. The quantitative estimate of drug-likeness (QED) is 0.489. The van der Waals surface area contributed by atoms with Gasteiger partial charge in [0.2, 0.25) is 11.9 Å². The summed E-state index contributed by atoms with van der Waals surface area (Å²) in [7, 11) is 0. The van der Waals surface area contributed by atoms with Gasteiger partial charge in [-0.15, -0.1) is 5.10 Å². The van der Waals surface area contributed by atoms with Gasteiger partial charge in [0.25, 0.3) is 5.95 Å². The molecule has 1 atom stereocenters. The molecule has 0 saturated heterocycles. The third-order valence-corrected chi connectivity index (χ3v) is 5.13. The number of amides is 1. The fourth-order valence-electron chi connectivity index (χ4n) is 3.33. The molecule has 4 rings (SSSR count). The number of nitrogens with zero attached hydrogens (tertiary/aromatic N) is 3. The maximum absolute atomic E-state index is 13.5. The number of hydrogen-bond acceptors (Lipinski definition) is 5. The number of anilines is 2. The first-order valence-electron chi connectivity index (χ1n) is 9.87. The molecule has 8 nitrogen and oxygen atoms in total. The molecule has 0 radical (unpaired) electrons. The van der Waals surface area contributed by atoms with Crippen LogP contribution in [0.3, 0.4) is 0 Å². The minimum atomic E-state index is -0.958. The van der Waals surface area contributed by atoms with Gasteiger partial charge in [-0.25, -0.2) is 9.07 Å². The van der Waals surface area contributed by atoms with Gasteiger partial charge in [0, 0.05) is 23.6 Å². The second-order valence-corrected chi connectivity index (χ2v) is 7.64. The van der Waals surface area contributed by atoms with Crippen molar-refractivity contribution in [1.82, 2.24) is 14.8 Å². The number of carbonyl (C=O) groups is 2. The van der Waals surface area contributed by atoms with Crippen molar-refractivity contribution < 1.29 is 19.1 Å². The molecule has 1 aliphatic heterocycles. The van der Waals surface area contributed by atoms with Gasteiger partial charge in [0.05, 0.1) is 0 Å². The van der Waals surface area contributed by atoms with E-state index in [4.69, 9.17) is 16.7 Å². The number of fused-ring (bicyclic) bond motifs is 1. The van der Waals surface area contributed by atoms with Crippen molar-refractivity contribution in [2.45, 2.75) is 25.3 Å². The molecule has 0 saturated carbocycles. The van der Waals surface area contributed by atoms with Crippen molar-refractivity contribution in [3.8, 4) is 0 Å². The van der Waals surface area contributed by atoms with Gasteiger partial charge in [-0.3, -0.25) is 14.9 Å². The van der Waals surface area contributed by atoms with Crippen LogP contribution in [0.2, 0.25) is 5.02 Å². The Morgan fingerprint density at radius 1 is 1.12 bits per heavy atom. The van der Waals surface area contributed by atoms with E-state index in [0.717, 1.165) is 16.8 Å². The van der Waals surface area contributed by atoms with E-state index in [1.165, 1.54) is 12.1 Å². The molecule has 32 heavy (non-hydrogen) atoms. The van der Waals surface area contributed by atoms with Crippen LogP contribution < -0.4 is 10.6 Å². The number of benzene rings is 2. The fourth-order valence-corrected chi connectivity index (χ4v) is 3.45. The molecule has 0 fully saturated rings. The van der Waals surface area contributed by atoms with Crippen LogP contribution in [0.15, 0.2) is 54.6 Å². The summed E-state index contributed by atoms with van der Waals surface area (Å²) in [6, 6.07) is 12.9. The Bertz CT molecular complexity index is 1180. The molecule has 2 heterocycles. The van der Waals surface area contributed by atoms with Crippen molar-refractivity contribution in [2.75, 3.05) is 10.6 Å². The van der Waals surface area contributed by atoms with E-state index >= 15 is 0 Å². The summed E-state index contributed by atoms with van der Waals surface area (Å²) in [4.78, 5) is 27.1. The number of carbonyl (C=O) groups excluding carboxylic acids is 1. The van der Waals surface area contributed by atoms with E-state index in [1.807, 2.05) is 18.2 Å². The number of aliphatic carboxylic acids is 1. The largest absolute Gasteiger partial charge is 0.481 e. The first kappa shape index (κ1) is 21.5. The van der Waals surface area contributed by atoms with E-state index in [1.54, 1.807) is 28.9 Å². The highest BCUT2D eigenvalue weighted by Gasteiger charge is 2.26. The highest BCUT2D eigenvalue weighted by molar-refractivity contribution is 6.30. The van der Waals surface area contributed by atoms with Crippen molar-refractivity contribution in [2.24, 2.45) is 0 Å². The zero-order valence-electron chi connectivity index (χ0n) is 16.8. The minimum Gasteiger partial charge on any atom is -0.481 e. The predicted octanol–water partition coefficient (Wildman–Crippen LogP) is 4.32. The average Bonchev–Trinajstić information content (AvgIpc) is 3.16. The van der Waals surface area contributed by atoms with Crippen LogP contribution in [0.1, 0.15) is 36.4 Å². The summed E-state index contributed by atoms with van der Waals surface area (Å²) < 4.78 is 15.1. The highest BCUT2D eigenvalue weighted by atomic mass is 35.5. The van der Waals surface area contributed by atoms with Crippen molar-refractivity contribution in [3.05, 3.63) is 76.6 Å². The number of rotatable bonds is 7. The smallest absolute Gasteiger partial charge is 0.303 e. The second kappa shape index (κ2) is 9.19. The summed E-state index contributed by atoms with van der Waals surface area (Å²) in [5.41, 5.74) is 2.41. The number of carboxylic acid groups (broad SMARTS) is 1. The third-order valence-electron chi connectivity index (χ3n) is 4.88. The van der Waals surface area contributed by atoms with Crippen LogP contribution in [0.4, 0.5) is 16.3 Å². The Labute approximate surface area is 187 Å². The molecule has 1 aromatic heterocycles. The summed E-state index contributed by atoms with van der Waals surface area (Å²) in [5.74, 6) is -1.20. The Balaban J connectivity index is 1.62. The molecule has 1 aliphatic rings. The lowest BCUT2D eigenvalue weighted by Gasteiger charge is -2.24. The SMILES string of the molecule is O=C(O)CCCC(=O)Nc1nc2n(n1)C(c1ccc(F)cc1)C=C(c1ccc(Cl)cc1)N2. The summed E-state index contributed by atoms with van der Waals surface area (Å²) in [6.07, 6.45) is 2.09. The van der Waals surface area contributed by atoms with Crippen LogP contribution in [-0.4, -0.2) is 31.7 Å². The molecule has 3 aromatic rings. The minimum absolute atomic E-state index is 0.0409. The zero-order chi connectivity index (χ0) is 22.7. The molecule has 1 amide bonds. The third kappa shape index (κ3) is 4.94. The lowest BCUT2D eigenvalue weighted by Crippen LogP contribution is -2.20. The Morgan fingerprint density at radius 3 is 2.53 bits per heavy atom. The lowest BCUT2D eigenvalue weighted by molar-refractivity contribution is -0.137. The van der Waals surface area contributed by atoms with E-state index < -0.39 is 12.0 Å². The number of carboxylic acids is 1. The molecule has 0 spiro atoms. The standard InChI is InChI=1S/C22H19ClFN5O3/c23-15-8-4-13(5-9-15)17-12-18(14-6-10-16(24)11-7-14)29-22(25-17)27-21(28-29)26-19(30)2-1-3-20(31)32/h4-12,18H,1-3H2,(H,31,32)(H2,25,26,27,28,30). The van der Waals surface area contributed by atoms with Gasteiger partial charge < -0.3 is 10.4 Å². The first-order valence-corrected chi connectivity index (χ1v) is 10.3.